The lowest BCUT2D eigenvalue weighted by Crippen LogP contribution is -2.50. The first kappa shape index (κ1) is 11.7. The molecular formula is C14H19N3O. The summed E-state index contributed by atoms with van der Waals surface area (Å²) in [5.74, 6) is 0.309. The van der Waals surface area contributed by atoms with Crippen molar-refractivity contribution in [2.24, 2.45) is 0 Å². The van der Waals surface area contributed by atoms with Crippen molar-refractivity contribution in [2.45, 2.75) is 18.3 Å². The van der Waals surface area contributed by atoms with Gasteiger partial charge in [-0.2, -0.15) is 0 Å². The molecule has 1 amide bonds. The van der Waals surface area contributed by atoms with Gasteiger partial charge < -0.3 is 9.80 Å². The van der Waals surface area contributed by atoms with Crippen molar-refractivity contribution in [3.8, 4) is 0 Å². The molecule has 0 N–H and O–H groups in total. The summed E-state index contributed by atoms with van der Waals surface area (Å²) in [5, 5.41) is 0. The second-order valence-electron chi connectivity index (χ2n) is 5.42. The normalized spacial score (nSPS) is 22.8. The Bertz CT molecular complexity index is 434. The number of rotatable bonds is 2. The molecule has 3 rings (SSSR count). The monoisotopic (exact) mass is 245 g/mol. The van der Waals surface area contributed by atoms with Gasteiger partial charge in [0.25, 0.3) is 0 Å². The lowest BCUT2D eigenvalue weighted by atomic mass is 9.95. The average molecular weight is 245 g/mol. The van der Waals surface area contributed by atoms with Crippen LogP contribution in [0.2, 0.25) is 0 Å². The summed E-state index contributed by atoms with van der Waals surface area (Å²) in [4.78, 5) is 21.1. The maximum atomic E-state index is 12.7. The molecule has 1 aromatic heterocycles. The summed E-state index contributed by atoms with van der Waals surface area (Å²) in [6.07, 6.45) is 5.56. The van der Waals surface area contributed by atoms with Crippen LogP contribution in [0.5, 0.6) is 0 Å². The Kier molecular flexibility index (Phi) is 2.82. The number of carbonyl (C=O) groups excluding carboxylic acids is 1. The zero-order chi connectivity index (χ0) is 12.6. The molecule has 18 heavy (non-hydrogen) atoms. The molecule has 1 aliphatic carbocycles. The summed E-state index contributed by atoms with van der Waals surface area (Å²) in [6.45, 7) is 3.68. The van der Waals surface area contributed by atoms with Gasteiger partial charge in [-0.1, -0.05) is 6.07 Å². The number of likely N-dealkylation sites (N-methyl/N-ethyl adjacent to an activating group) is 1. The van der Waals surface area contributed by atoms with Gasteiger partial charge in [-0.05, 0) is 31.5 Å². The van der Waals surface area contributed by atoms with Crippen molar-refractivity contribution in [2.75, 3.05) is 33.2 Å². The molecule has 4 heteroatoms. The lowest BCUT2D eigenvalue weighted by Gasteiger charge is -2.34. The van der Waals surface area contributed by atoms with Crippen molar-refractivity contribution >= 4 is 5.91 Å². The number of hydrogen-bond acceptors (Lipinski definition) is 3. The highest BCUT2D eigenvalue weighted by Crippen LogP contribution is 2.49. The smallest absolute Gasteiger partial charge is 0.233 e. The quantitative estimate of drug-likeness (QED) is 0.776. The van der Waals surface area contributed by atoms with Gasteiger partial charge in [-0.25, -0.2) is 0 Å². The fourth-order valence-electron chi connectivity index (χ4n) is 2.71. The zero-order valence-corrected chi connectivity index (χ0v) is 10.8. The van der Waals surface area contributed by atoms with E-state index in [1.165, 1.54) is 0 Å². The van der Waals surface area contributed by atoms with Crippen LogP contribution >= 0.6 is 0 Å². The average Bonchev–Trinajstić information content (AvgIpc) is 3.21. The standard InChI is InChI=1S/C14H19N3O/c1-16-7-9-17(10-8-16)13(18)14(4-5-14)12-3-2-6-15-11-12/h2-3,6,11H,4-5,7-10H2,1H3. The van der Waals surface area contributed by atoms with Crippen molar-refractivity contribution in [3.63, 3.8) is 0 Å². The minimum Gasteiger partial charge on any atom is -0.339 e. The summed E-state index contributed by atoms with van der Waals surface area (Å²) in [7, 11) is 2.11. The van der Waals surface area contributed by atoms with E-state index in [2.05, 4.69) is 16.9 Å². The van der Waals surface area contributed by atoms with Crippen molar-refractivity contribution in [1.29, 1.82) is 0 Å². The van der Waals surface area contributed by atoms with Crippen molar-refractivity contribution in [1.82, 2.24) is 14.8 Å². The van der Waals surface area contributed by atoms with Crippen LogP contribution in [0.4, 0.5) is 0 Å². The Morgan fingerprint density at radius 1 is 1.28 bits per heavy atom. The number of carbonyl (C=O) groups is 1. The number of pyridine rings is 1. The van der Waals surface area contributed by atoms with E-state index >= 15 is 0 Å². The number of aromatic nitrogens is 1. The topological polar surface area (TPSA) is 36.4 Å². The van der Waals surface area contributed by atoms with E-state index in [1.54, 1.807) is 6.20 Å². The highest BCUT2D eigenvalue weighted by molar-refractivity contribution is 5.91. The third-order valence-electron chi connectivity index (χ3n) is 4.16. The predicted octanol–water partition coefficient (Wildman–Crippen LogP) is 0.887. The van der Waals surface area contributed by atoms with E-state index in [-0.39, 0.29) is 5.41 Å². The number of nitrogens with zero attached hydrogens (tertiary/aromatic N) is 3. The second kappa shape index (κ2) is 4.35. The second-order valence-corrected chi connectivity index (χ2v) is 5.42. The first-order chi connectivity index (χ1) is 8.72. The number of hydrogen-bond donors (Lipinski definition) is 0. The SMILES string of the molecule is CN1CCN(C(=O)C2(c3cccnc3)CC2)CC1. The Hall–Kier alpha value is -1.42. The molecule has 0 atom stereocenters. The Labute approximate surface area is 108 Å². The molecule has 1 saturated heterocycles. The fraction of sp³-hybridized carbons (Fsp3) is 0.571. The van der Waals surface area contributed by atoms with Crippen molar-refractivity contribution in [3.05, 3.63) is 30.1 Å². The molecule has 1 aromatic rings. The minimum absolute atomic E-state index is 0.246. The highest BCUT2D eigenvalue weighted by atomic mass is 16.2. The molecule has 2 heterocycles. The Balaban J connectivity index is 1.77. The predicted molar refractivity (Wildman–Crippen MR) is 69.2 cm³/mol. The molecule has 4 nitrogen and oxygen atoms in total. The van der Waals surface area contributed by atoms with Gasteiger partial charge in [0.15, 0.2) is 0 Å². The van der Waals surface area contributed by atoms with Crippen LogP contribution < -0.4 is 0 Å². The van der Waals surface area contributed by atoms with Crippen LogP contribution in [-0.4, -0.2) is 53.9 Å². The van der Waals surface area contributed by atoms with Gasteiger partial charge >= 0.3 is 0 Å². The van der Waals surface area contributed by atoms with Crippen LogP contribution in [0.3, 0.4) is 0 Å². The minimum atomic E-state index is -0.246. The first-order valence-corrected chi connectivity index (χ1v) is 6.61. The zero-order valence-electron chi connectivity index (χ0n) is 10.8. The first-order valence-electron chi connectivity index (χ1n) is 6.61. The molecule has 0 bridgehead atoms. The third kappa shape index (κ3) is 1.90. The number of amides is 1. The van der Waals surface area contributed by atoms with E-state index in [9.17, 15) is 4.79 Å². The van der Waals surface area contributed by atoms with Gasteiger partial charge in [0, 0.05) is 38.6 Å². The van der Waals surface area contributed by atoms with Crippen LogP contribution in [0.15, 0.2) is 24.5 Å². The van der Waals surface area contributed by atoms with Gasteiger partial charge in [0.1, 0.15) is 0 Å². The molecule has 1 aliphatic heterocycles. The molecule has 2 fully saturated rings. The van der Waals surface area contributed by atoms with E-state index in [1.807, 2.05) is 23.2 Å². The van der Waals surface area contributed by atoms with Gasteiger partial charge in [-0.15, -0.1) is 0 Å². The molecule has 2 aliphatic rings. The van der Waals surface area contributed by atoms with E-state index in [0.717, 1.165) is 44.6 Å². The maximum absolute atomic E-state index is 12.7. The van der Waals surface area contributed by atoms with Gasteiger partial charge in [0.2, 0.25) is 5.91 Å². The number of piperazine rings is 1. The van der Waals surface area contributed by atoms with Crippen LogP contribution in [0, 0.1) is 0 Å². The van der Waals surface area contributed by atoms with E-state index < -0.39 is 0 Å². The fourth-order valence-corrected chi connectivity index (χ4v) is 2.71. The van der Waals surface area contributed by atoms with Crippen LogP contribution in [0.25, 0.3) is 0 Å². The Morgan fingerprint density at radius 3 is 2.56 bits per heavy atom. The molecular weight excluding hydrogens is 226 g/mol. The summed E-state index contributed by atoms with van der Waals surface area (Å²) >= 11 is 0. The highest BCUT2D eigenvalue weighted by Gasteiger charge is 2.53. The molecule has 1 saturated carbocycles. The van der Waals surface area contributed by atoms with Gasteiger partial charge in [-0.3, -0.25) is 9.78 Å². The summed E-state index contributed by atoms with van der Waals surface area (Å²) < 4.78 is 0. The maximum Gasteiger partial charge on any atom is 0.233 e. The lowest BCUT2D eigenvalue weighted by molar-refractivity contribution is -0.135. The molecule has 0 spiro atoms. The molecule has 0 radical (unpaired) electrons. The van der Waals surface area contributed by atoms with Crippen LogP contribution in [0.1, 0.15) is 18.4 Å². The van der Waals surface area contributed by atoms with Gasteiger partial charge in [0.05, 0.1) is 5.41 Å². The van der Waals surface area contributed by atoms with E-state index in [4.69, 9.17) is 0 Å². The molecule has 0 unspecified atom stereocenters. The summed E-state index contributed by atoms with van der Waals surface area (Å²) in [6, 6.07) is 3.96. The van der Waals surface area contributed by atoms with Crippen LogP contribution in [-0.2, 0) is 10.2 Å². The van der Waals surface area contributed by atoms with Crippen molar-refractivity contribution < 1.29 is 4.79 Å². The third-order valence-corrected chi connectivity index (χ3v) is 4.16. The molecule has 96 valence electrons. The largest absolute Gasteiger partial charge is 0.339 e. The van der Waals surface area contributed by atoms with E-state index in [0.29, 0.717) is 5.91 Å². The Morgan fingerprint density at radius 2 is 2.00 bits per heavy atom. The summed E-state index contributed by atoms with van der Waals surface area (Å²) in [5.41, 5.74) is 0.846. The molecule has 0 aromatic carbocycles.